The number of nitrogens with zero attached hydrogens (tertiary/aromatic N) is 1. The molecule has 1 aliphatic rings. The molecular weight excluding hydrogens is 390 g/mol. The van der Waals surface area contributed by atoms with Gasteiger partial charge < -0.3 is 9.84 Å². The summed E-state index contributed by atoms with van der Waals surface area (Å²) in [7, 11) is 0. The quantitative estimate of drug-likeness (QED) is 0.733. The van der Waals surface area contributed by atoms with Crippen molar-refractivity contribution in [2.75, 3.05) is 6.54 Å². The molecule has 0 saturated carbocycles. The maximum absolute atomic E-state index is 12.3. The first-order valence-corrected chi connectivity index (χ1v) is 9.07. The lowest BCUT2D eigenvalue weighted by molar-refractivity contribution is -0.140. The molecule has 0 spiro atoms. The summed E-state index contributed by atoms with van der Waals surface area (Å²) >= 11 is 6.58. The number of ether oxygens (including phenoxy) is 1. The number of thioether (sulfide) groups is 1. The molecule has 0 aliphatic carbocycles. The van der Waals surface area contributed by atoms with Crippen LogP contribution in [0.3, 0.4) is 0 Å². The Labute approximate surface area is 164 Å². The van der Waals surface area contributed by atoms with E-state index in [1.54, 1.807) is 36.4 Å². The van der Waals surface area contributed by atoms with E-state index in [1.807, 2.05) is 12.1 Å². The number of para-hydroxylation sites is 1. The Kier molecular flexibility index (Phi) is 5.83. The molecule has 138 valence electrons. The minimum absolute atomic E-state index is 0.156. The monoisotopic (exact) mass is 403 g/mol. The molecule has 1 heterocycles. The molecule has 6 nitrogen and oxygen atoms in total. The molecule has 0 atom stereocenters. The molecule has 8 heteroatoms. The SMILES string of the molecule is O=C(O)CN1C(=O)S/C(=C/c2ccccc2OCc2ccc(Cl)cc2)C1=O. The van der Waals surface area contributed by atoms with E-state index in [0.717, 1.165) is 5.56 Å². The summed E-state index contributed by atoms with van der Waals surface area (Å²) in [6.07, 6.45) is 1.53. The molecule has 27 heavy (non-hydrogen) atoms. The van der Waals surface area contributed by atoms with Crippen LogP contribution in [0.4, 0.5) is 4.79 Å². The summed E-state index contributed by atoms with van der Waals surface area (Å²) in [5, 5.41) is 8.85. The van der Waals surface area contributed by atoms with Gasteiger partial charge in [-0.25, -0.2) is 0 Å². The smallest absolute Gasteiger partial charge is 0.323 e. The highest BCUT2D eigenvalue weighted by atomic mass is 35.5. The number of rotatable bonds is 6. The van der Waals surface area contributed by atoms with E-state index in [4.69, 9.17) is 21.4 Å². The standard InChI is InChI=1S/C19H14ClNO5S/c20-14-7-5-12(6-8-14)11-26-15-4-2-1-3-13(15)9-16-18(24)21(10-17(22)23)19(25)27-16/h1-9H,10-11H2,(H,22,23)/b16-9+. The summed E-state index contributed by atoms with van der Waals surface area (Å²) in [6, 6.07) is 14.3. The molecule has 0 bridgehead atoms. The van der Waals surface area contributed by atoms with E-state index in [1.165, 1.54) is 6.08 Å². The van der Waals surface area contributed by atoms with Crippen LogP contribution in [-0.2, 0) is 16.2 Å². The second-order valence-corrected chi connectivity index (χ2v) is 7.04. The van der Waals surface area contributed by atoms with E-state index < -0.39 is 23.7 Å². The van der Waals surface area contributed by atoms with Crippen molar-refractivity contribution in [3.63, 3.8) is 0 Å². The Balaban J connectivity index is 1.78. The second-order valence-electron chi connectivity index (χ2n) is 5.61. The number of carbonyl (C=O) groups is 3. The van der Waals surface area contributed by atoms with Gasteiger partial charge in [0.1, 0.15) is 18.9 Å². The molecule has 3 rings (SSSR count). The van der Waals surface area contributed by atoms with Crippen molar-refractivity contribution in [1.29, 1.82) is 0 Å². The average Bonchev–Trinajstić information content (AvgIpc) is 2.89. The number of carboxylic acids is 1. The van der Waals surface area contributed by atoms with Gasteiger partial charge in [0.15, 0.2) is 0 Å². The van der Waals surface area contributed by atoms with Gasteiger partial charge >= 0.3 is 5.97 Å². The summed E-state index contributed by atoms with van der Waals surface area (Å²) in [5.41, 5.74) is 1.54. The van der Waals surface area contributed by atoms with Crippen LogP contribution < -0.4 is 4.74 Å². The lowest BCUT2D eigenvalue weighted by Gasteiger charge is -2.10. The molecule has 1 fully saturated rings. The summed E-state index contributed by atoms with van der Waals surface area (Å²) in [6.45, 7) is -0.348. The van der Waals surface area contributed by atoms with Crippen molar-refractivity contribution < 1.29 is 24.2 Å². The van der Waals surface area contributed by atoms with E-state index in [2.05, 4.69) is 0 Å². The third kappa shape index (κ3) is 4.69. The number of aliphatic carboxylic acids is 1. The van der Waals surface area contributed by atoms with Crippen molar-refractivity contribution in [3.8, 4) is 5.75 Å². The molecular formula is C19H14ClNO5S. The van der Waals surface area contributed by atoms with E-state index in [-0.39, 0.29) is 4.91 Å². The van der Waals surface area contributed by atoms with Gasteiger partial charge in [0.05, 0.1) is 4.91 Å². The Bertz CT molecular complexity index is 926. The maximum Gasteiger partial charge on any atom is 0.323 e. The number of hydrogen-bond acceptors (Lipinski definition) is 5. The molecule has 1 N–H and O–H groups in total. The van der Waals surface area contributed by atoms with E-state index >= 15 is 0 Å². The average molecular weight is 404 g/mol. The number of halogens is 1. The molecule has 0 radical (unpaired) electrons. The van der Waals surface area contributed by atoms with Gasteiger partial charge in [-0.2, -0.15) is 0 Å². The lowest BCUT2D eigenvalue weighted by Crippen LogP contribution is -2.33. The van der Waals surface area contributed by atoms with Crippen LogP contribution in [0.2, 0.25) is 5.02 Å². The molecule has 0 unspecified atom stereocenters. The van der Waals surface area contributed by atoms with Gasteiger partial charge in [0, 0.05) is 10.6 Å². The molecule has 2 amide bonds. The van der Waals surface area contributed by atoms with E-state index in [9.17, 15) is 14.4 Å². The summed E-state index contributed by atoms with van der Waals surface area (Å²) in [5.74, 6) is -1.33. The number of amides is 2. The lowest BCUT2D eigenvalue weighted by atomic mass is 10.1. The van der Waals surface area contributed by atoms with Crippen LogP contribution in [0.5, 0.6) is 5.75 Å². The molecule has 2 aromatic carbocycles. The number of hydrogen-bond donors (Lipinski definition) is 1. The Morgan fingerprint density at radius 3 is 2.56 bits per heavy atom. The minimum Gasteiger partial charge on any atom is -0.488 e. The number of carboxylic acid groups (broad SMARTS) is 1. The molecule has 0 aromatic heterocycles. The predicted molar refractivity (Wildman–Crippen MR) is 103 cm³/mol. The first-order chi connectivity index (χ1) is 12.9. The highest BCUT2D eigenvalue weighted by Crippen LogP contribution is 2.34. The number of benzene rings is 2. The fraction of sp³-hybridized carbons (Fsp3) is 0.105. The zero-order chi connectivity index (χ0) is 19.4. The topological polar surface area (TPSA) is 83.9 Å². The summed E-state index contributed by atoms with van der Waals surface area (Å²) < 4.78 is 5.83. The highest BCUT2D eigenvalue weighted by molar-refractivity contribution is 8.18. The zero-order valence-electron chi connectivity index (χ0n) is 13.9. The third-order valence-corrected chi connectivity index (χ3v) is 4.84. The van der Waals surface area contributed by atoms with Crippen molar-refractivity contribution >= 4 is 46.6 Å². The van der Waals surface area contributed by atoms with Gasteiger partial charge in [-0.3, -0.25) is 19.3 Å². The molecule has 1 aliphatic heterocycles. The van der Waals surface area contributed by atoms with Crippen molar-refractivity contribution in [1.82, 2.24) is 4.90 Å². The summed E-state index contributed by atoms with van der Waals surface area (Å²) in [4.78, 5) is 35.8. The van der Waals surface area contributed by atoms with Gasteiger partial charge in [-0.15, -0.1) is 0 Å². The maximum atomic E-state index is 12.3. The third-order valence-electron chi connectivity index (χ3n) is 3.68. The molecule has 1 saturated heterocycles. The Hall–Kier alpha value is -2.77. The van der Waals surface area contributed by atoms with Crippen LogP contribution in [0, 0.1) is 0 Å². The number of imide groups is 1. The normalized spacial score (nSPS) is 15.4. The van der Waals surface area contributed by atoms with Crippen LogP contribution in [0.15, 0.2) is 53.4 Å². The van der Waals surface area contributed by atoms with Gasteiger partial charge in [0.2, 0.25) is 0 Å². The second kappa shape index (κ2) is 8.28. The fourth-order valence-corrected chi connectivity index (χ4v) is 3.34. The Morgan fingerprint density at radius 2 is 1.85 bits per heavy atom. The van der Waals surface area contributed by atoms with Crippen LogP contribution in [0.1, 0.15) is 11.1 Å². The van der Waals surface area contributed by atoms with Crippen molar-refractivity contribution in [2.45, 2.75) is 6.61 Å². The van der Waals surface area contributed by atoms with Crippen molar-refractivity contribution in [2.24, 2.45) is 0 Å². The van der Waals surface area contributed by atoms with Crippen molar-refractivity contribution in [3.05, 3.63) is 69.6 Å². The first-order valence-electron chi connectivity index (χ1n) is 7.87. The largest absolute Gasteiger partial charge is 0.488 e. The zero-order valence-corrected chi connectivity index (χ0v) is 15.5. The van der Waals surface area contributed by atoms with Gasteiger partial charge in [-0.1, -0.05) is 41.9 Å². The van der Waals surface area contributed by atoms with Gasteiger partial charge in [-0.05, 0) is 41.6 Å². The fourth-order valence-electron chi connectivity index (χ4n) is 2.39. The van der Waals surface area contributed by atoms with Gasteiger partial charge in [0.25, 0.3) is 11.1 Å². The highest BCUT2D eigenvalue weighted by Gasteiger charge is 2.36. The Morgan fingerprint density at radius 1 is 1.15 bits per heavy atom. The molecule has 2 aromatic rings. The number of carbonyl (C=O) groups excluding carboxylic acids is 2. The minimum atomic E-state index is -1.25. The predicted octanol–water partition coefficient (Wildman–Crippen LogP) is 4.04. The van der Waals surface area contributed by atoms with Crippen LogP contribution >= 0.6 is 23.4 Å². The first kappa shape index (κ1) is 19.0. The van der Waals surface area contributed by atoms with Crippen LogP contribution in [-0.4, -0.2) is 33.7 Å². The van der Waals surface area contributed by atoms with Crippen LogP contribution in [0.25, 0.3) is 6.08 Å². The van der Waals surface area contributed by atoms with E-state index in [0.29, 0.717) is 39.6 Å².